The SMILES string of the molecule is COC(=O)C(=O)NC1CCN(C)C1=O. The molecule has 6 heteroatoms. The third-order valence-electron chi connectivity index (χ3n) is 2.10. The van der Waals surface area contributed by atoms with Crippen molar-refractivity contribution in [3.05, 3.63) is 0 Å². The molecule has 0 radical (unpaired) electrons. The summed E-state index contributed by atoms with van der Waals surface area (Å²) in [6, 6.07) is -0.591. The summed E-state index contributed by atoms with van der Waals surface area (Å²) in [5.41, 5.74) is 0. The fraction of sp³-hybridized carbons (Fsp3) is 0.625. The summed E-state index contributed by atoms with van der Waals surface area (Å²) < 4.78 is 4.21. The highest BCUT2D eigenvalue weighted by atomic mass is 16.5. The topological polar surface area (TPSA) is 75.7 Å². The zero-order chi connectivity index (χ0) is 10.7. The molecule has 1 fully saturated rings. The van der Waals surface area contributed by atoms with Crippen molar-refractivity contribution >= 4 is 17.8 Å². The molecule has 0 aliphatic carbocycles. The first-order chi connectivity index (χ1) is 6.56. The molecule has 1 saturated heterocycles. The monoisotopic (exact) mass is 200 g/mol. The van der Waals surface area contributed by atoms with Gasteiger partial charge in [0.15, 0.2) is 0 Å². The maximum absolute atomic E-state index is 11.3. The lowest BCUT2D eigenvalue weighted by Gasteiger charge is -2.10. The standard InChI is InChI=1S/C8H12N2O4/c1-10-4-3-5(7(10)12)9-6(11)8(13)14-2/h5H,3-4H2,1-2H3,(H,9,11). The van der Waals surface area contributed by atoms with Crippen LogP contribution in [0.15, 0.2) is 0 Å². The molecule has 1 rings (SSSR count). The van der Waals surface area contributed by atoms with E-state index in [1.165, 1.54) is 4.90 Å². The van der Waals surface area contributed by atoms with E-state index in [0.29, 0.717) is 13.0 Å². The Balaban J connectivity index is 2.50. The zero-order valence-electron chi connectivity index (χ0n) is 8.07. The number of ether oxygens (including phenoxy) is 1. The Bertz CT molecular complexity index is 277. The molecule has 0 bridgehead atoms. The average Bonchev–Trinajstić information content (AvgIpc) is 2.48. The van der Waals surface area contributed by atoms with Gasteiger partial charge in [0.2, 0.25) is 5.91 Å². The molecule has 1 N–H and O–H groups in total. The number of nitrogens with zero attached hydrogens (tertiary/aromatic N) is 1. The normalized spacial score (nSPS) is 20.9. The second-order valence-electron chi connectivity index (χ2n) is 3.07. The summed E-state index contributed by atoms with van der Waals surface area (Å²) in [7, 11) is 2.76. The minimum absolute atomic E-state index is 0.178. The van der Waals surface area contributed by atoms with Gasteiger partial charge in [-0.15, -0.1) is 0 Å². The van der Waals surface area contributed by atoms with Crippen LogP contribution in [0.25, 0.3) is 0 Å². The maximum Gasteiger partial charge on any atom is 0.396 e. The van der Waals surface area contributed by atoms with Crippen molar-refractivity contribution in [2.75, 3.05) is 20.7 Å². The molecular formula is C8H12N2O4. The molecule has 0 aromatic heterocycles. The van der Waals surface area contributed by atoms with E-state index in [1.54, 1.807) is 7.05 Å². The van der Waals surface area contributed by atoms with Gasteiger partial charge in [-0.25, -0.2) is 4.79 Å². The summed E-state index contributed by atoms with van der Waals surface area (Å²) in [4.78, 5) is 34.6. The van der Waals surface area contributed by atoms with Crippen LogP contribution in [0.4, 0.5) is 0 Å². The predicted molar refractivity (Wildman–Crippen MR) is 46.2 cm³/mol. The van der Waals surface area contributed by atoms with E-state index in [2.05, 4.69) is 10.1 Å². The van der Waals surface area contributed by atoms with E-state index in [-0.39, 0.29) is 5.91 Å². The van der Waals surface area contributed by atoms with Crippen LogP contribution in [0, 0.1) is 0 Å². The third-order valence-corrected chi connectivity index (χ3v) is 2.10. The van der Waals surface area contributed by atoms with Crippen LogP contribution in [-0.2, 0) is 19.1 Å². The zero-order valence-corrected chi connectivity index (χ0v) is 8.07. The number of amides is 2. The molecule has 2 amide bonds. The Morgan fingerprint density at radius 1 is 1.57 bits per heavy atom. The molecule has 0 aromatic rings. The molecule has 1 heterocycles. The molecule has 78 valence electrons. The number of carbonyl (C=O) groups is 3. The molecule has 1 atom stereocenters. The van der Waals surface area contributed by atoms with Crippen LogP contribution in [0.2, 0.25) is 0 Å². The Labute approximate surface area is 81.2 Å². The van der Waals surface area contributed by atoms with Crippen LogP contribution in [-0.4, -0.2) is 49.4 Å². The summed E-state index contributed by atoms with van der Waals surface area (Å²) in [6.45, 7) is 0.588. The molecule has 14 heavy (non-hydrogen) atoms. The van der Waals surface area contributed by atoms with Gasteiger partial charge in [-0.1, -0.05) is 0 Å². The number of methoxy groups -OCH3 is 1. The van der Waals surface area contributed by atoms with Gasteiger partial charge in [0, 0.05) is 13.6 Å². The second kappa shape index (κ2) is 4.08. The minimum Gasteiger partial charge on any atom is -0.462 e. The fourth-order valence-corrected chi connectivity index (χ4v) is 1.27. The van der Waals surface area contributed by atoms with E-state index in [4.69, 9.17) is 0 Å². The van der Waals surface area contributed by atoms with Gasteiger partial charge >= 0.3 is 11.9 Å². The Hall–Kier alpha value is -1.59. The smallest absolute Gasteiger partial charge is 0.396 e. The Morgan fingerprint density at radius 3 is 2.64 bits per heavy atom. The van der Waals surface area contributed by atoms with E-state index in [1.807, 2.05) is 0 Å². The molecule has 1 aliphatic heterocycles. The quantitative estimate of drug-likeness (QED) is 0.413. The van der Waals surface area contributed by atoms with Gasteiger partial charge in [-0.2, -0.15) is 0 Å². The first-order valence-electron chi connectivity index (χ1n) is 4.20. The molecule has 0 aromatic carbocycles. The van der Waals surface area contributed by atoms with Gasteiger partial charge in [0.1, 0.15) is 6.04 Å². The lowest BCUT2D eigenvalue weighted by atomic mass is 10.2. The first-order valence-corrected chi connectivity index (χ1v) is 4.20. The number of esters is 1. The van der Waals surface area contributed by atoms with E-state index >= 15 is 0 Å². The van der Waals surface area contributed by atoms with Crippen LogP contribution < -0.4 is 5.32 Å². The van der Waals surface area contributed by atoms with Gasteiger partial charge < -0.3 is 15.0 Å². The number of carbonyl (C=O) groups excluding carboxylic acids is 3. The molecule has 0 saturated carbocycles. The number of nitrogens with one attached hydrogen (secondary N) is 1. The van der Waals surface area contributed by atoms with Crippen molar-refractivity contribution in [1.82, 2.24) is 10.2 Å². The summed E-state index contributed by atoms with van der Waals surface area (Å²) >= 11 is 0. The third kappa shape index (κ3) is 2.01. The van der Waals surface area contributed by atoms with E-state index in [0.717, 1.165) is 7.11 Å². The van der Waals surface area contributed by atoms with Crippen LogP contribution in [0.5, 0.6) is 0 Å². The Morgan fingerprint density at radius 2 is 2.21 bits per heavy atom. The molecule has 1 aliphatic rings. The largest absolute Gasteiger partial charge is 0.462 e. The minimum atomic E-state index is -0.979. The summed E-state index contributed by atoms with van der Waals surface area (Å²) in [5, 5.41) is 2.31. The lowest BCUT2D eigenvalue weighted by Crippen LogP contribution is -2.43. The number of rotatable bonds is 1. The van der Waals surface area contributed by atoms with Gasteiger partial charge in [0.05, 0.1) is 7.11 Å². The second-order valence-corrected chi connectivity index (χ2v) is 3.07. The van der Waals surface area contributed by atoms with Crippen molar-refractivity contribution in [2.24, 2.45) is 0 Å². The predicted octanol–water partition coefficient (Wildman–Crippen LogP) is -1.49. The summed E-state index contributed by atoms with van der Waals surface area (Å²) in [6.07, 6.45) is 0.526. The molecular weight excluding hydrogens is 188 g/mol. The van der Waals surface area contributed by atoms with Crippen LogP contribution in [0.3, 0.4) is 0 Å². The van der Waals surface area contributed by atoms with Crippen molar-refractivity contribution in [1.29, 1.82) is 0 Å². The number of hydrogen-bond acceptors (Lipinski definition) is 4. The molecule has 6 nitrogen and oxygen atoms in total. The molecule has 0 spiro atoms. The van der Waals surface area contributed by atoms with Gasteiger partial charge in [-0.3, -0.25) is 9.59 Å². The molecule has 1 unspecified atom stereocenters. The highest BCUT2D eigenvalue weighted by molar-refractivity contribution is 6.32. The number of likely N-dealkylation sites (N-methyl/N-ethyl adjacent to an activating group) is 1. The van der Waals surface area contributed by atoms with Gasteiger partial charge in [0.25, 0.3) is 0 Å². The average molecular weight is 200 g/mol. The van der Waals surface area contributed by atoms with Crippen LogP contribution in [0.1, 0.15) is 6.42 Å². The highest BCUT2D eigenvalue weighted by Crippen LogP contribution is 2.07. The van der Waals surface area contributed by atoms with Crippen LogP contribution >= 0.6 is 0 Å². The summed E-state index contributed by atoms with van der Waals surface area (Å²) in [5.74, 6) is -2.03. The fourth-order valence-electron chi connectivity index (χ4n) is 1.27. The van der Waals surface area contributed by atoms with Crippen molar-refractivity contribution in [2.45, 2.75) is 12.5 Å². The van der Waals surface area contributed by atoms with Crippen molar-refractivity contribution < 1.29 is 19.1 Å². The van der Waals surface area contributed by atoms with E-state index in [9.17, 15) is 14.4 Å². The van der Waals surface area contributed by atoms with Gasteiger partial charge in [-0.05, 0) is 6.42 Å². The van der Waals surface area contributed by atoms with Crippen molar-refractivity contribution in [3.8, 4) is 0 Å². The van der Waals surface area contributed by atoms with Crippen molar-refractivity contribution in [3.63, 3.8) is 0 Å². The lowest BCUT2D eigenvalue weighted by molar-refractivity contribution is -0.153. The first kappa shape index (κ1) is 10.5. The Kier molecular flexibility index (Phi) is 3.06. The van der Waals surface area contributed by atoms with E-state index < -0.39 is 17.9 Å². The number of hydrogen-bond donors (Lipinski definition) is 1. The highest BCUT2D eigenvalue weighted by Gasteiger charge is 2.31. The number of likely N-dealkylation sites (tertiary alicyclic amines) is 1. The maximum atomic E-state index is 11.3.